The minimum Gasteiger partial charge on any atom is -0.211 e. The molecule has 0 amide bonds. The van der Waals surface area contributed by atoms with Crippen LogP contribution in [0.2, 0.25) is 5.02 Å². The van der Waals surface area contributed by atoms with Gasteiger partial charge in [0.25, 0.3) is 0 Å². The highest BCUT2D eigenvalue weighted by Crippen LogP contribution is 2.19. The molecule has 0 heterocycles. The highest BCUT2D eigenvalue weighted by atomic mass is 35.5. The lowest BCUT2D eigenvalue weighted by Gasteiger charge is -2.08. The topological polar surface area (TPSA) is 46.2 Å². The number of sulfonamides is 1. The Balaban J connectivity index is 1.91. The van der Waals surface area contributed by atoms with Gasteiger partial charge in [0.05, 0.1) is 4.90 Å². The van der Waals surface area contributed by atoms with Crippen molar-refractivity contribution in [2.75, 3.05) is 6.54 Å². The van der Waals surface area contributed by atoms with E-state index in [1.165, 1.54) is 11.6 Å². The Morgan fingerprint density at radius 2 is 1.81 bits per heavy atom. The molecule has 0 radical (unpaired) electrons. The van der Waals surface area contributed by atoms with Gasteiger partial charge < -0.3 is 0 Å². The van der Waals surface area contributed by atoms with Crippen molar-refractivity contribution in [1.29, 1.82) is 0 Å². The molecule has 0 aromatic heterocycles. The second-order valence-electron chi connectivity index (χ2n) is 4.90. The molecule has 2 aromatic rings. The van der Waals surface area contributed by atoms with E-state index in [0.29, 0.717) is 11.6 Å². The number of aryl methyl sites for hydroxylation is 2. The molecule has 0 fully saturated rings. The first-order valence-electron chi connectivity index (χ1n) is 6.79. The monoisotopic (exact) mass is 323 g/mol. The van der Waals surface area contributed by atoms with Crippen molar-refractivity contribution < 1.29 is 8.42 Å². The summed E-state index contributed by atoms with van der Waals surface area (Å²) < 4.78 is 26.9. The van der Waals surface area contributed by atoms with Crippen LogP contribution >= 0.6 is 11.6 Å². The predicted octanol–water partition coefficient (Wildman–Crippen LogP) is 3.56. The summed E-state index contributed by atoms with van der Waals surface area (Å²) in [5.41, 5.74) is 2.06. The van der Waals surface area contributed by atoms with Crippen molar-refractivity contribution >= 4 is 21.6 Å². The van der Waals surface area contributed by atoms with Crippen LogP contribution in [0.15, 0.2) is 53.4 Å². The van der Waals surface area contributed by atoms with Crippen molar-refractivity contribution in [2.24, 2.45) is 0 Å². The van der Waals surface area contributed by atoms with Crippen LogP contribution in [-0.4, -0.2) is 15.0 Å². The quantitative estimate of drug-likeness (QED) is 0.826. The average molecular weight is 324 g/mol. The zero-order valence-electron chi connectivity index (χ0n) is 11.8. The van der Waals surface area contributed by atoms with Gasteiger partial charge in [-0.1, -0.05) is 48.0 Å². The highest BCUT2D eigenvalue weighted by Gasteiger charge is 2.14. The molecule has 0 saturated carbocycles. The van der Waals surface area contributed by atoms with Crippen molar-refractivity contribution in [3.63, 3.8) is 0 Å². The normalized spacial score (nSPS) is 11.5. The van der Waals surface area contributed by atoms with E-state index in [2.05, 4.69) is 4.72 Å². The number of halogens is 1. The number of benzene rings is 2. The van der Waals surface area contributed by atoms with E-state index < -0.39 is 10.0 Å². The summed E-state index contributed by atoms with van der Waals surface area (Å²) in [5, 5.41) is 0.460. The molecule has 0 atom stereocenters. The van der Waals surface area contributed by atoms with Gasteiger partial charge >= 0.3 is 0 Å². The van der Waals surface area contributed by atoms with Crippen LogP contribution < -0.4 is 4.72 Å². The maximum atomic E-state index is 12.1. The predicted molar refractivity (Wildman–Crippen MR) is 86.1 cm³/mol. The lowest BCUT2D eigenvalue weighted by atomic mass is 10.1. The third kappa shape index (κ3) is 4.56. The Bertz CT molecular complexity index is 699. The standard InChI is InChI=1S/C16H18ClNO2S/c1-13-9-10-15(12-16(13)17)21(19,20)18-11-5-8-14-6-3-2-4-7-14/h2-4,6-7,9-10,12,18H,5,8,11H2,1H3. The van der Waals surface area contributed by atoms with E-state index in [1.54, 1.807) is 12.1 Å². The molecule has 2 aromatic carbocycles. The van der Waals surface area contributed by atoms with Crippen LogP contribution in [0, 0.1) is 6.92 Å². The Morgan fingerprint density at radius 1 is 1.10 bits per heavy atom. The van der Waals surface area contributed by atoms with Crippen LogP contribution in [0.25, 0.3) is 0 Å². The minimum atomic E-state index is -3.49. The largest absolute Gasteiger partial charge is 0.240 e. The Kier molecular flexibility index (Phi) is 5.39. The molecule has 1 N–H and O–H groups in total. The number of rotatable bonds is 6. The molecule has 2 rings (SSSR count). The molecule has 0 aliphatic rings. The third-order valence-corrected chi connectivity index (χ3v) is 5.10. The van der Waals surface area contributed by atoms with E-state index in [1.807, 2.05) is 37.3 Å². The molecular weight excluding hydrogens is 306 g/mol. The number of hydrogen-bond donors (Lipinski definition) is 1. The smallest absolute Gasteiger partial charge is 0.211 e. The molecule has 112 valence electrons. The fraction of sp³-hybridized carbons (Fsp3) is 0.250. The van der Waals surface area contributed by atoms with Crippen molar-refractivity contribution in [2.45, 2.75) is 24.7 Å². The fourth-order valence-electron chi connectivity index (χ4n) is 1.97. The molecule has 0 bridgehead atoms. The first-order valence-corrected chi connectivity index (χ1v) is 8.65. The SMILES string of the molecule is Cc1ccc(S(=O)(=O)NCCCc2ccccc2)cc1Cl. The molecule has 0 aliphatic heterocycles. The number of hydrogen-bond acceptors (Lipinski definition) is 2. The van der Waals surface area contributed by atoms with Crippen LogP contribution in [0.3, 0.4) is 0 Å². The lowest BCUT2D eigenvalue weighted by molar-refractivity contribution is 0.579. The number of nitrogens with one attached hydrogen (secondary N) is 1. The summed E-state index contributed by atoms with van der Waals surface area (Å²) >= 11 is 5.97. The summed E-state index contributed by atoms with van der Waals surface area (Å²) in [7, 11) is -3.49. The van der Waals surface area contributed by atoms with Crippen molar-refractivity contribution in [1.82, 2.24) is 4.72 Å². The summed E-state index contributed by atoms with van der Waals surface area (Å²) in [4.78, 5) is 0.206. The van der Waals surface area contributed by atoms with Gasteiger partial charge in [0, 0.05) is 11.6 Å². The van der Waals surface area contributed by atoms with E-state index in [0.717, 1.165) is 18.4 Å². The minimum absolute atomic E-state index is 0.206. The van der Waals surface area contributed by atoms with Crippen LogP contribution in [0.4, 0.5) is 0 Å². The zero-order chi connectivity index (χ0) is 15.3. The maximum Gasteiger partial charge on any atom is 0.240 e. The van der Waals surface area contributed by atoms with Crippen molar-refractivity contribution in [3.05, 3.63) is 64.7 Å². The molecule has 0 spiro atoms. The average Bonchev–Trinajstić information content (AvgIpc) is 2.47. The Labute approximate surface area is 131 Å². The second-order valence-corrected chi connectivity index (χ2v) is 7.07. The molecule has 0 aliphatic carbocycles. The highest BCUT2D eigenvalue weighted by molar-refractivity contribution is 7.89. The van der Waals surface area contributed by atoms with E-state index in [9.17, 15) is 8.42 Å². The van der Waals surface area contributed by atoms with Gasteiger partial charge in [0.2, 0.25) is 10.0 Å². The van der Waals surface area contributed by atoms with E-state index in [-0.39, 0.29) is 4.90 Å². The first kappa shape index (κ1) is 16.0. The van der Waals surface area contributed by atoms with E-state index >= 15 is 0 Å². The van der Waals surface area contributed by atoms with Gasteiger partial charge in [-0.2, -0.15) is 0 Å². The summed E-state index contributed by atoms with van der Waals surface area (Å²) in [5.74, 6) is 0. The Hall–Kier alpha value is -1.36. The van der Waals surface area contributed by atoms with Crippen LogP contribution in [0.5, 0.6) is 0 Å². The summed E-state index contributed by atoms with van der Waals surface area (Å²) in [6, 6.07) is 14.8. The van der Waals surface area contributed by atoms with Crippen molar-refractivity contribution in [3.8, 4) is 0 Å². The molecule has 21 heavy (non-hydrogen) atoms. The summed E-state index contributed by atoms with van der Waals surface area (Å²) in [6.45, 7) is 2.24. The van der Waals surface area contributed by atoms with Gasteiger partial charge in [0.1, 0.15) is 0 Å². The van der Waals surface area contributed by atoms with E-state index in [4.69, 9.17) is 11.6 Å². The van der Waals surface area contributed by atoms with Crippen LogP contribution in [0.1, 0.15) is 17.5 Å². The third-order valence-electron chi connectivity index (χ3n) is 3.23. The zero-order valence-corrected chi connectivity index (χ0v) is 13.4. The Morgan fingerprint density at radius 3 is 2.48 bits per heavy atom. The molecule has 5 heteroatoms. The van der Waals surface area contributed by atoms with Crippen LogP contribution in [-0.2, 0) is 16.4 Å². The molecule has 3 nitrogen and oxygen atoms in total. The fourth-order valence-corrected chi connectivity index (χ4v) is 3.31. The van der Waals surface area contributed by atoms with Gasteiger partial charge in [-0.15, -0.1) is 0 Å². The van der Waals surface area contributed by atoms with Gasteiger partial charge in [-0.3, -0.25) is 0 Å². The molecule has 0 unspecified atom stereocenters. The van der Waals surface area contributed by atoms with Gasteiger partial charge in [-0.25, -0.2) is 13.1 Å². The van der Waals surface area contributed by atoms with Gasteiger partial charge in [0.15, 0.2) is 0 Å². The van der Waals surface area contributed by atoms with Gasteiger partial charge in [-0.05, 0) is 43.0 Å². The second kappa shape index (κ2) is 7.07. The first-order chi connectivity index (χ1) is 9.99. The lowest BCUT2D eigenvalue weighted by Crippen LogP contribution is -2.25. The maximum absolute atomic E-state index is 12.1. The molecular formula is C16H18ClNO2S. The summed E-state index contributed by atoms with van der Waals surface area (Å²) in [6.07, 6.45) is 1.60. The molecule has 0 saturated heterocycles.